The molecule has 2 N–H and O–H groups in total. The Morgan fingerprint density at radius 2 is 1.62 bits per heavy atom. The second-order valence-electron chi connectivity index (χ2n) is 10.1. The summed E-state index contributed by atoms with van der Waals surface area (Å²) in [6.07, 6.45) is 1.37. The van der Waals surface area contributed by atoms with Gasteiger partial charge in [0, 0.05) is 5.69 Å². The number of ether oxygens (including phenoxy) is 3. The van der Waals surface area contributed by atoms with Crippen molar-refractivity contribution in [1.29, 1.82) is 0 Å². The number of carbonyl (C=O) groups is 4. The van der Waals surface area contributed by atoms with Crippen molar-refractivity contribution in [1.82, 2.24) is 5.32 Å². The van der Waals surface area contributed by atoms with Crippen molar-refractivity contribution in [3.05, 3.63) is 119 Å². The van der Waals surface area contributed by atoms with Gasteiger partial charge in [-0.3, -0.25) is 19.7 Å². The molecule has 1 fully saturated rings. The number of amides is 5. The maximum absolute atomic E-state index is 13.4. The number of hydrogen-bond donors (Lipinski definition) is 2. The first-order chi connectivity index (χ1) is 21.8. The van der Waals surface area contributed by atoms with Crippen LogP contribution in [0.25, 0.3) is 6.08 Å². The third-order valence-electron chi connectivity index (χ3n) is 6.68. The predicted octanol–water partition coefficient (Wildman–Crippen LogP) is 5.66. The Bertz CT molecular complexity index is 1750. The van der Waals surface area contributed by atoms with Gasteiger partial charge in [0.2, 0.25) is 0 Å². The molecule has 0 spiro atoms. The number of nitrogens with one attached hydrogen (secondary N) is 2. The molecule has 5 amide bonds. The highest BCUT2D eigenvalue weighted by atomic mass is 16.5. The first-order valence-corrected chi connectivity index (χ1v) is 14.2. The van der Waals surface area contributed by atoms with Gasteiger partial charge in [0.15, 0.2) is 18.1 Å². The van der Waals surface area contributed by atoms with Crippen molar-refractivity contribution in [3.8, 4) is 17.2 Å². The zero-order valence-electron chi connectivity index (χ0n) is 24.7. The number of carbonyl (C=O) groups excluding carboxylic acids is 4. The van der Waals surface area contributed by atoms with E-state index in [2.05, 4.69) is 10.6 Å². The van der Waals surface area contributed by atoms with E-state index in [1.807, 2.05) is 55.5 Å². The van der Waals surface area contributed by atoms with Crippen LogP contribution in [0.4, 0.5) is 16.2 Å². The summed E-state index contributed by atoms with van der Waals surface area (Å²) in [6, 6.07) is 27.4. The maximum Gasteiger partial charge on any atom is 0.335 e. The van der Waals surface area contributed by atoms with Crippen LogP contribution in [-0.4, -0.2) is 37.0 Å². The molecule has 1 aliphatic heterocycles. The molecule has 0 aromatic heterocycles. The van der Waals surface area contributed by atoms with Crippen molar-refractivity contribution < 1.29 is 33.4 Å². The Morgan fingerprint density at radius 3 is 2.36 bits per heavy atom. The lowest BCUT2D eigenvalue weighted by atomic mass is 10.1. The average molecular weight is 606 g/mol. The molecular weight excluding hydrogens is 574 g/mol. The summed E-state index contributed by atoms with van der Waals surface area (Å²) in [5.41, 5.74) is 3.14. The summed E-state index contributed by atoms with van der Waals surface area (Å²) in [7, 11) is 0. The minimum atomic E-state index is -0.859. The van der Waals surface area contributed by atoms with Crippen LogP contribution < -0.4 is 29.7 Å². The highest BCUT2D eigenvalue weighted by molar-refractivity contribution is 6.39. The first kappa shape index (κ1) is 30.6. The SMILES string of the molecule is CCOc1cc(/C=C2\C(=O)NC(=O)N(c3ccc(OCc4ccccc4)cc3)C2=O)ccc1OCC(=O)Nc1cccc(C)c1. The van der Waals surface area contributed by atoms with Gasteiger partial charge in [-0.1, -0.05) is 48.5 Å². The van der Waals surface area contributed by atoms with E-state index in [0.29, 0.717) is 41.7 Å². The molecule has 10 heteroatoms. The molecule has 0 aliphatic carbocycles. The Hall–Kier alpha value is -5.90. The van der Waals surface area contributed by atoms with Gasteiger partial charge in [0.1, 0.15) is 17.9 Å². The van der Waals surface area contributed by atoms with Crippen LogP contribution in [0.5, 0.6) is 17.2 Å². The quantitative estimate of drug-likeness (QED) is 0.167. The Morgan fingerprint density at radius 1 is 0.844 bits per heavy atom. The van der Waals surface area contributed by atoms with Gasteiger partial charge in [-0.2, -0.15) is 0 Å². The zero-order valence-corrected chi connectivity index (χ0v) is 24.7. The molecule has 10 nitrogen and oxygen atoms in total. The number of aryl methyl sites for hydroxylation is 1. The monoisotopic (exact) mass is 605 g/mol. The van der Waals surface area contributed by atoms with Crippen molar-refractivity contribution in [3.63, 3.8) is 0 Å². The van der Waals surface area contributed by atoms with E-state index in [9.17, 15) is 19.2 Å². The van der Waals surface area contributed by atoms with Gasteiger partial charge in [-0.05, 0) is 85.1 Å². The molecule has 0 bridgehead atoms. The van der Waals surface area contributed by atoms with Crippen LogP contribution in [0.1, 0.15) is 23.6 Å². The third kappa shape index (κ3) is 7.74. The Balaban J connectivity index is 1.29. The largest absolute Gasteiger partial charge is 0.490 e. The number of urea groups is 1. The van der Waals surface area contributed by atoms with Crippen LogP contribution in [-0.2, 0) is 21.0 Å². The fraction of sp³-hybridized carbons (Fsp3) is 0.143. The Kier molecular flexibility index (Phi) is 9.54. The van der Waals surface area contributed by atoms with E-state index >= 15 is 0 Å². The second-order valence-corrected chi connectivity index (χ2v) is 10.1. The first-order valence-electron chi connectivity index (χ1n) is 14.2. The molecule has 45 heavy (non-hydrogen) atoms. The lowest BCUT2D eigenvalue weighted by Gasteiger charge is -2.26. The van der Waals surface area contributed by atoms with Crippen molar-refractivity contribution >= 4 is 41.2 Å². The molecule has 0 saturated carbocycles. The topological polar surface area (TPSA) is 123 Å². The molecule has 0 radical (unpaired) electrons. The fourth-order valence-corrected chi connectivity index (χ4v) is 4.56. The van der Waals surface area contributed by atoms with Crippen molar-refractivity contribution in [2.75, 3.05) is 23.4 Å². The number of rotatable bonds is 11. The van der Waals surface area contributed by atoms with Crippen LogP contribution >= 0.6 is 0 Å². The molecule has 4 aromatic rings. The van der Waals surface area contributed by atoms with Gasteiger partial charge >= 0.3 is 6.03 Å². The fourth-order valence-electron chi connectivity index (χ4n) is 4.56. The van der Waals surface area contributed by atoms with Gasteiger partial charge in [-0.25, -0.2) is 9.69 Å². The van der Waals surface area contributed by atoms with Crippen LogP contribution in [0, 0.1) is 6.92 Å². The zero-order chi connectivity index (χ0) is 31.8. The lowest BCUT2D eigenvalue weighted by Crippen LogP contribution is -2.54. The number of benzene rings is 4. The van der Waals surface area contributed by atoms with E-state index in [1.165, 1.54) is 6.08 Å². The van der Waals surface area contributed by atoms with E-state index in [0.717, 1.165) is 16.0 Å². The van der Waals surface area contributed by atoms with Crippen LogP contribution in [0.3, 0.4) is 0 Å². The highest BCUT2D eigenvalue weighted by Gasteiger charge is 2.36. The van der Waals surface area contributed by atoms with E-state index in [-0.39, 0.29) is 23.8 Å². The maximum atomic E-state index is 13.4. The number of imide groups is 2. The van der Waals surface area contributed by atoms with Crippen molar-refractivity contribution in [2.24, 2.45) is 0 Å². The molecule has 4 aromatic carbocycles. The summed E-state index contributed by atoms with van der Waals surface area (Å²) in [5, 5.41) is 5.01. The van der Waals surface area contributed by atoms with Gasteiger partial charge < -0.3 is 19.5 Å². The standard InChI is InChI=1S/C35H31N3O7/c1-3-43-31-20-25(12-17-30(31)45-22-32(39)36-26-11-7-8-23(2)18-26)19-29-33(40)37-35(42)38(34(29)41)27-13-15-28(16-14-27)44-21-24-9-5-4-6-10-24/h4-20H,3,21-22H2,1-2H3,(H,36,39)(H,37,40,42)/b29-19+. The van der Waals surface area contributed by atoms with E-state index in [4.69, 9.17) is 14.2 Å². The van der Waals surface area contributed by atoms with Gasteiger partial charge in [0.05, 0.1) is 12.3 Å². The molecule has 228 valence electrons. The number of barbiturate groups is 1. The second kappa shape index (κ2) is 14.0. The third-order valence-corrected chi connectivity index (χ3v) is 6.68. The smallest absolute Gasteiger partial charge is 0.335 e. The summed E-state index contributed by atoms with van der Waals surface area (Å²) in [5.74, 6) is -0.776. The highest BCUT2D eigenvalue weighted by Crippen LogP contribution is 2.31. The normalized spacial score (nSPS) is 13.8. The van der Waals surface area contributed by atoms with Crippen LogP contribution in [0.15, 0.2) is 103 Å². The summed E-state index contributed by atoms with van der Waals surface area (Å²) in [6.45, 7) is 4.12. The minimum absolute atomic E-state index is 0.243. The number of nitrogens with zero attached hydrogens (tertiary/aromatic N) is 1. The Labute approximate surface area is 260 Å². The number of hydrogen-bond acceptors (Lipinski definition) is 7. The average Bonchev–Trinajstić information content (AvgIpc) is 3.03. The van der Waals surface area contributed by atoms with Crippen LogP contribution in [0.2, 0.25) is 0 Å². The molecule has 1 heterocycles. The molecule has 5 rings (SSSR count). The molecule has 0 unspecified atom stereocenters. The molecule has 0 atom stereocenters. The molecule has 1 aliphatic rings. The number of anilines is 2. The van der Waals surface area contributed by atoms with E-state index in [1.54, 1.807) is 55.5 Å². The predicted molar refractivity (Wildman–Crippen MR) is 169 cm³/mol. The van der Waals surface area contributed by atoms with E-state index < -0.39 is 17.8 Å². The molecular formula is C35H31N3O7. The lowest BCUT2D eigenvalue weighted by molar-refractivity contribution is -0.122. The van der Waals surface area contributed by atoms with Gasteiger partial charge in [-0.15, -0.1) is 0 Å². The van der Waals surface area contributed by atoms with Crippen molar-refractivity contribution in [2.45, 2.75) is 20.5 Å². The summed E-state index contributed by atoms with van der Waals surface area (Å²) in [4.78, 5) is 52.2. The summed E-state index contributed by atoms with van der Waals surface area (Å²) >= 11 is 0. The van der Waals surface area contributed by atoms with Gasteiger partial charge in [0.25, 0.3) is 17.7 Å². The summed E-state index contributed by atoms with van der Waals surface area (Å²) < 4.78 is 17.2. The molecule has 1 saturated heterocycles. The minimum Gasteiger partial charge on any atom is -0.490 e.